The van der Waals surface area contributed by atoms with Crippen LogP contribution >= 0.6 is 23.1 Å². The SMILES string of the molecule is CON=C(C(=O)N[C@@H]1C(=O)N2C(C(=O)O)=C([C@@H]3CCC(C)(C)O3)CS[C@H]12)c1csc(N)n1. The number of carboxylic acids is 1. The van der Waals surface area contributed by atoms with Crippen molar-refractivity contribution in [1.82, 2.24) is 15.2 Å². The lowest BCUT2D eigenvalue weighted by Crippen LogP contribution is -2.71. The number of anilines is 1. The standard InChI is InChI=1S/C19H23N5O6S2/c1-19(2)5-4-10(30-19)8-6-31-16-12(15(26)24(16)13(8)17(27)28)22-14(25)11(23-29-3)9-7-32-18(20)21-9/h7,10,12,16H,4-6H2,1-3H3,(H2,20,21)(H,22,25)(H,27,28)/t10-,12+,16+/m0/s1. The van der Waals surface area contributed by atoms with Crippen LogP contribution in [0.2, 0.25) is 0 Å². The number of rotatable bonds is 6. The number of nitrogens with one attached hydrogen (secondary N) is 1. The topological polar surface area (TPSA) is 156 Å². The second-order valence-corrected chi connectivity index (χ2v) is 10.1. The van der Waals surface area contributed by atoms with E-state index in [2.05, 4.69) is 15.5 Å². The van der Waals surface area contributed by atoms with Gasteiger partial charge in [0, 0.05) is 11.1 Å². The molecule has 32 heavy (non-hydrogen) atoms. The van der Waals surface area contributed by atoms with Crippen molar-refractivity contribution in [1.29, 1.82) is 0 Å². The van der Waals surface area contributed by atoms with Crippen molar-refractivity contribution in [2.45, 2.75) is 49.8 Å². The van der Waals surface area contributed by atoms with Crippen molar-refractivity contribution < 1.29 is 29.1 Å². The van der Waals surface area contributed by atoms with Gasteiger partial charge in [0.2, 0.25) is 0 Å². The fourth-order valence-electron chi connectivity index (χ4n) is 4.02. The maximum Gasteiger partial charge on any atom is 0.352 e. The maximum atomic E-state index is 12.9. The van der Waals surface area contributed by atoms with E-state index in [1.165, 1.54) is 23.8 Å². The minimum atomic E-state index is -1.18. The summed E-state index contributed by atoms with van der Waals surface area (Å²) in [4.78, 5) is 47.8. The van der Waals surface area contributed by atoms with Gasteiger partial charge in [-0.15, -0.1) is 23.1 Å². The van der Waals surface area contributed by atoms with Crippen LogP contribution in [0.15, 0.2) is 21.8 Å². The largest absolute Gasteiger partial charge is 0.477 e. The first-order valence-corrected chi connectivity index (χ1v) is 11.8. The van der Waals surface area contributed by atoms with Crippen LogP contribution in [0, 0.1) is 0 Å². The minimum absolute atomic E-state index is 0.0509. The van der Waals surface area contributed by atoms with Gasteiger partial charge >= 0.3 is 5.97 Å². The fourth-order valence-corrected chi connectivity index (χ4v) is 5.97. The first kappa shape index (κ1) is 22.6. The molecule has 3 aliphatic rings. The summed E-state index contributed by atoms with van der Waals surface area (Å²) in [5.41, 5.74) is 5.94. The molecule has 0 saturated carbocycles. The van der Waals surface area contributed by atoms with E-state index in [9.17, 15) is 19.5 Å². The van der Waals surface area contributed by atoms with E-state index >= 15 is 0 Å². The number of nitrogens with zero attached hydrogens (tertiary/aromatic N) is 3. The molecule has 0 bridgehead atoms. The van der Waals surface area contributed by atoms with Crippen LogP contribution in [0.3, 0.4) is 0 Å². The second-order valence-electron chi connectivity index (χ2n) is 8.14. The Morgan fingerprint density at radius 3 is 2.78 bits per heavy atom. The Labute approximate surface area is 192 Å². The predicted molar refractivity (Wildman–Crippen MR) is 118 cm³/mol. The highest BCUT2D eigenvalue weighted by atomic mass is 32.2. The Balaban J connectivity index is 1.53. The zero-order chi connectivity index (χ0) is 23.2. The van der Waals surface area contributed by atoms with Crippen molar-refractivity contribution in [2.24, 2.45) is 5.16 Å². The molecule has 13 heteroatoms. The van der Waals surface area contributed by atoms with Gasteiger partial charge < -0.3 is 25.7 Å². The summed E-state index contributed by atoms with van der Waals surface area (Å²) >= 11 is 2.53. The van der Waals surface area contributed by atoms with E-state index in [1.54, 1.807) is 5.38 Å². The Morgan fingerprint density at radius 1 is 1.47 bits per heavy atom. The van der Waals surface area contributed by atoms with E-state index in [1.807, 2.05) is 13.8 Å². The number of thiazole rings is 1. The highest BCUT2D eigenvalue weighted by Gasteiger charge is 2.55. The fraction of sp³-hybridized carbons (Fsp3) is 0.526. The molecule has 1 aromatic rings. The number of aliphatic carboxylic acids is 1. The van der Waals surface area contributed by atoms with Crippen molar-refractivity contribution in [2.75, 3.05) is 18.6 Å². The zero-order valence-corrected chi connectivity index (χ0v) is 19.3. The molecule has 0 spiro atoms. The summed E-state index contributed by atoms with van der Waals surface area (Å²) in [6.07, 6.45) is 1.15. The molecule has 2 saturated heterocycles. The molecule has 2 fully saturated rings. The normalized spacial score (nSPS) is 27.1. The number of nitrogens with two attached hydrogens (primary N) is 1. The number of ether oxygens (including phenoxy) is 1. The number of oxime groups is 1. The quantitative estimate of drug-likeness (QED) is 0.303. The lowest BCUT2D eigenvalue weighted by molar-refractivity contribution is -0.150. The molecule has 0 aliphatic carbocycles. The summed E-state index contributed by atoms with van der Waals surface area (Å²) in [6, 6.07) is -0.901. The van der Waals surface area contributed by atoms with Crippen LogP contribution in [-0.2, 0) is 24.0 Å². The van der Waals surface area contributed by atoms with Gasteiger partial charge in [-0.2, -0.15) is 0 Å². The predicted octanol–water partition coefficient (Wildman–Crippen LogP) is 0.772. The van der Waals surface area contributed by atoms with Crippen molar-refractivity contribution in [3.05, 3.63) is 22.3 Å². The number of carbonyl (C=O) groups is 3. The van der Waals surface area contributed by atoms with Gasteiger partial charge in [0.25, 0.3) is 11.8 Å². The van der Waals surface area contributed by atoms with E-state index < -0.39 is 29.2 Å². The molecule has 0 radical (unpaired) electrons. The minimum Gasteiger partial charge on any atom is -0.477 e. The molecule has 1 aromatic heterocycles. The first-order valence-electron chi connectivity index (χ1n) is 9.85. The van der Waals surface area contributed by atoms with Gasteiger partial charge in [-0.3, -0.25) is 14.5 Å². The summed E-state index contributed by atoms with van der Waals surface area (Å²) in [7, 11) is 1.29. The van der Waals surface area contributed by atoms with Crippen LogP contribution < -0.4 is 11.1 Å². The van der Waals surface area contributed by atoms with Crippen molar-refractivity contribution >= 4 is 51.7 Å². The number of nitrogen functional groups attached to an aromatic ring is 1. The van der Waals surface area contributed by atoms with Crippen LogP contribution in [0.25, 0.3) is 0 Å². The molecule has 2 amide bonds. The number of hydrogen-bond acceptors (Lipinski definition) is 10. The number of thioether (sulfide) groups is 1. The number of carbonyl (C=O) groups excluding carboxylic acids is 2. The second kappa shape index (κ2) is 8.37. The highest BCUT2D eigenvalue weighted by molar-refractivity contribution is 8.00. The van der Waals surface area contributed by atoms with Crippen molar-refractivity contribution in [3.8, 4) is 0 Å². The molecular formula is C19H23N5O6S2. The third-order valence-corrected chi connectivity index (χ3v) is 7.48. The monoisotopic (exact) mass is 481 g/mol. The summed E-state index contributed by atoms with van der Waals surface area (Å²) in [6.45, 7) is 3.92. The number of amides is 2. The Hall–Kier alpha value is -2.64. The average molecular weight is 482 g/mol. The van der Waals surface area contributed by atoms with Gasteiger partial charge in [0.15, 0.2) is 10.8 Å². The average Bonchev–Trinajstić information content (AvgIpc) is 3.33. The van der Waals surface area contributed by atoms with Crippen LogP contribution in [-0.4, -0.2) is 74.5 Å². The molecular weight excluding hydrogens is 458 g/mol. The van der Waals surface area contributed by atoms with Crippen LogP contribution in [0.1, 0.15) is 32.4 Å². The lowest BCUT2D eigenvalue weighted by atomic mass is 9.98. The van der Waals surface area contributed by atoms with Crippen molar-refractivity contribution in [3.63, 3.8) is 0 Å². The van der Waals surface area contributed by atoms with Gasteiger partial charge in [0.1, 0.15) is 29.9 Å². The number of β-lactam (4-membered cyclic amide) rings is 1. The Morgan fingerprint density at radius 2 is 2.22 bits per heavy atom. The molecule has 0 unspecified atom stereocenters. The van der Waals surface area contributed by atoms with Gasteiger partial charge in [-0.25, -0.2) is 9.78 Å². The van der Waals surface area contributed by atoms with Crippen LogP contribution in [0.5, 0.6) is 0 Å². The van der Waals surface area contributed by atoms with E-state index in [4.69, 9.17) is 15.3 Å². The highest BCUT2D eigenvalue weighted by Crippen LogP contribution is 2.44. The smallest absolute Gasteiger partial charge is 0.352 e. The molecule has 11 nitrogen and oxygen atoms in total. The molecule has 0 aromatic carbocycles. The summed E-state index contributed by atoms with van der Waals surface area (Å²) < 4.78 is 6.02. The third-order valence-electron chi connectivity index (χ3n) is 5.51. The number of aromatic nitrogens is 1. The van der Waals surface area contributed by atoms with Crippen LogP contribution in [0.4, 0.5) is 5.13 Å². The van der Waals surface area contributed by atoms with E-state index in [0.717, 1.165) is 17.8 Å². The number of hydrogen-bond donors (Lipinski definition) is 3. The summed E-state index contributed by atoms with van der Waals surface area (Å²) in [5.74, 6) is -1.96. The molecule has 172 valence electrons. The van der Waals surface area contributed by atoms with Gasteiger partial charge in [-0.1, -0.05) is 5.16 Å². The first-order chi connectivity index (χ1) is 15.1. The van der Waals surface area contributed by atoms with Gasteiger partial charge in [0.05, 0.1) is 11.7 Å². The Bertz CT molecular complexity index is 1040. The van der Waals surface area contributed by atoms with Gasteiger partial charge in [-0.05, 0) is 32.3 Å². The number of fused-ring (bicyclic) bond motifs is 1. The molecule has 4 rings (SSSR count). The van der Waals surface area contributed by atoms with E-state index in [0.29, 0.717) is 17.7 Å². The Kier molecular flexibility index (Phi) is 5.90. The van der Waals surface area contributed by atoms with E-state index in [-0.39, 0.29) is 33.9 Å². The maximum absolute atomic E-state index is 12.9. The third kappa shape index (κ3) is 3.95. The molecule has 4 N–H and O–H groups in total. The molecule has 3 aliphatic heterocycles. The molecule has 4 heterocycles. The zero-order valence-electron chi connectivity index (χ0n) is 17.7. The number of carboxylic acid groups (broad SMARTS) is 1. The molecule has 3 atom stereocenters. The lowest BCUT2D eigenvalue weighted by Gasteiger charge is -2.50. The summed E-state index contributed by atoms with van der Waals surface area (Å²) in [5, 5.41) is 17.5.